The third-order valence-corrected chi connectivity index (χ3v) is 7.14. The smallest absolute Gasteiger partial charge is 0.255 e. The predicted molar refractivity (Wildman–Crippen MR) is 125 cm³/mol. The van der Waals surface area contributed by atoms with Gasteiger partial charge in [0.15, 0.2) is 11.4 Å². The van der Waals surface area contributed by atoms with E-state index in [0.717, 1.165) is 5.56 Å². The summed E-state index contributed by atoms with van der Waals surface area (Å²) in [4.78, 5) is 41.6. The fraction of sp³-hybridized carbons (Fsp3) is 0.231. The molecule has 1 amide bonds. The van der Waals surface area contributed by atoms with Crippen LogP contribution in [-0.4, -0.2) is 48.5 Å². The Bertz CT molecular complexity index is 1390. The molecule has 1 aromatic heterocycles. The first-order valence-electron chi connectivity index (χ1n) is 11.0. The molecule has 3 atom stereocenters. The number of aliphatic hydroxyl groups is 3. The zero-order valence-electron chi connectivity index (χ0n) is 18.4. The first-order chi connectivity index (χ1) is 16.6. The van der Waals surface area contributed by atoms with Gasteiger partial charge >= 0.3 is 0 Å². The van der Waals surface area contributed by atoms with E-state index in [2.05, 4.69) is 4.98 Å². The number of carbonyl (C=O) groups excluding carboxylic acids is 3. The summed E-state index contributed by atoms with van der Waals surface area (Å²) in [6.45, 7) is 0. The van der Waals surface area contributed by atoms with Crippen molar-refractivity contribution in [2.75, 3.05) is 0 Å². The Morgan fingerprint density at radius 3 is 2.46 bits per heavy atom. The van der Waals surface area contributed by atoms with Crippen molar-refractivity contribution >= 4 is 35.4 Å². The second-order valence-electron chi connectivity index (χ2n) is 9.05. The van der Waals surface area contributed by atoms with Gasteiger partial charge in [-0.05, 0) is 53.6 Å². The Balaban J connectivity index is 1.64. The summed E-state index contributed by atoms with van der Waals surface area (Å²) in [5.41, 5.74) is 3.95. The molecule has 6 N–H and O–H groups in total. The van der Waals surface area contributed by atoms with Gasteiger partial charge in [0.05, 0.1) is 5.56 Å². The number of fused-ring (bicyclic) bond motifs is 3. The number of amides is 1. The van der Waals surface area contributed by atoms with Gasteiger partial charge in [0.2, 0.25) is 5.78 Å². The molecule has 3 aliphatic rings. The number of primary amides is 1. The minimum Gasteiger partial charge on any atom is -0.508 e. The van der Waals surface area contributed by atoms with E-state index >= 15 is 0 Å². The van der Waals surface area contributed by atoms with Crippen molar-refractivity contribution in [1.82, 2.24) is 4.98 Å². The van der Waals surface area contributed by atoms with Gasteiger partial charge in [-0.15, -0.1) is 0 Å². The van der Waals surface area contributed by atoms with Crippen molar-refractivity contribution in [2.24, 2.45) is 17.6 Å². The van der Waals surface area contributed by atoms with Crippen molar-refractivity contribution in [3.8, 4) is 5.75 Å². The summed E-state index contributed by atoms with van der Waals surface area (Å²) in [5, 5.41) is 43.5. The largest absolute Gasteiger partial charge is 0.508 e. The average molecular weight is 474 g/mol. The van der Waals surface area contributed by atoms with E-state index in [9.17, 15) is 34.8 Å². The number of hydrogen-bond acceptors (Lipinski definition) is 8. The third kappa shape index (κ3) is 3.27. The molecule has 0 bridgehead atoms. The number of aliphatic hydroxyl groups excluding tert-OH is 2. The fourth-order valence-electron chi connectivity index (χ4n) is 5.46. The summed E-state index contributed by atoms with van der Waals surface area (Å²) in [5.74, 6) is -6.42. The highest BCUT2D eigenvalue weighted by Crippen LogP contribution is 2.52. The lowest BCUT2D eigenvalue weighted by molar-refractivity contribution is -0.147. The van der Waals surface area contributed by atoms with Crippen molar-refractivity contribution in [3.63, 3.8) is 0 Å². The number of Topliss-reactive ketones (excluding diaryl/α,β-unsaturated/α-hetero) is 2. The van der Waals surface area contributed by atoms with Crippen LogP contribution >= 0.6 is 0 Å². The number of aromatic hydroxyl groups is 1. The number of pyridine rings is 1. The topological polar surface area (TPSA) is 171 Å². The first kappa shape index (κ1) is 22.5. The maximum Gasteiger partial charge on any atom is 0.255 e. The van der Waals surface area contributed by atoms with Crippen molar-refractivity contribution in [3.05, 3.63) is 75.8 Å². The highest BCUT2D eigenvalue weighted by atomic mass is 16.3. The number of phenolic OH excluding ortho intramolecular Hbond substituents is 1. The highest BCUT2D eigenvalue weighted by molar-refractivity contribution is 6.22. The molecule has 2 aromatic rings. The van der Waals surface area contributed by atoms with Gasteiger partial charge in [0.25, 0.3) is 5.91 Å². The number of nitrogens with two attached hydrogens (primary N) is 1. The van der Waals surface area contributed by atoms with Gasteiger partial charge in [-0.2, -0.15) is 0 Å². The van der Waals surface area contributed by atoms with Gasteiger partial charge in [0, 0.05) is 30.3 Å². The Hall–Kier alpha value is -4.24. The van der Waals surface area contributed by atoms with Crippen LogP contribution in [0, 0.1) is 11.8 Å². The monoisotopic (exact) mass is 474 g/mol. The number of carbonyl (C=O) groups is 3. The molecule has 9 nitrogen and oxygen atoms in total. The molecule has 35 heavy (non-hydrogen) atoms. The lowest BCUT2D eigenvalue weighted by atomic mass is 9.59. The maximum absolute atomic E-state index is 13.5. The predicted octanol–water partition coefficient (Wildman–Crippen LogP) is 1.99. The molecule has 0 radical (unpaired) electrons. The minimum atomic E-state index is -2.57. The van der Waals surface area contributed by atoms with E-state index in [1.807, 2.05) is 24.3 Å². The molecule has 1 fully saturated rings. The van der Waals surface area contributed by atoms with Crippen LogP contribution in [0.1, 0.15) is 35.1 Å². The lowest BCUT2D eigenvalue weighted by Gasteiger charge is -2.46. The molecule has 1 heterocycles. The number of hydrogen-bond donors (Lipinski definition) is 5. The number of phenols is 1. The Kier molecular flexibility index (Phi) is 5.10. The second kappa shape index (κ2) is 7.92. The first-order valence-corrected chi connectivity index (χ1v) is 11.0. The molecule has 5 rings (SSSR count). The third-order valence-electron chi connectivity index (χ3n) is 7.14. The molecular formula is C26H22N2O7. The van der Waals surface area contributed by atoms with Crippen LogP contribution in [0.4, 0.5) is 0 Å². The zero-order valence-corrected chi connectivity index (χ0v) is 18.4. The summed E-state index contributed by atoms with van der Waals surface area (Å²) in [7, 11) is 0. The number of nitrogens with zero attached hydrogens (tertiary/aromatic N) is 1. The second-order valence-corrected chi connectivity index (χ2v) is 9.05. The van der Waals surface area contributed by atoms with Gasteiger partial charge in [-0.3, -0.25) is 19.4 Å². The summed E-state index contributed by atoms with van der Waals surface area (Å²) in [6, 6.07) is 6.73. The Morgan fingerprint density at radius 2 is 1.77 bits per heavy atom. The number of benzene rings is 1. The molecule has 0 spiro atoms. The van der Waals surface area contributed by atoms with Crippen LogP contribution in [0.2, 0.25) is 0 Å². The van der Waals surface area contributed by atoms with Gasteiger partial charge in [-0.1, -0.05) is 18.2 Å². The minimum absolute atomic E-state index is 0.0639. The molecule has 1 saturated carbocycles. The summed E-state index contributed by atoms with van der Waals surface area (Å²) >= 11 is 0. The fourth-order valence-corrected chi connectivity index (χ4v) is 5.46. The molecule has 1 aromatic carbocycles. The van der Waals surface area contributed by atoms with Crippen LogP contribution in [0.25, 0.3) is 17.9 Å². The molecular weight excluding hydrogens is 452 g/mol. The SMILES string of the molecule is NC(=O)C1=C(O)[C@@]2(O)C(=O)C3=C(O)c4c(O)ccc(/C=C/c5ccncc5)c4CC3C[C@H]2CC1=O. The molecule has 9 heteroatoms. The number of rotatable bonds is 3. The average Bonchev–Trinajstić information content (AvgIpc) is 2.81. The molecule has 0 aliphatic heterocycles. The maximum atomic E-state index is 13.5. The van der Waals surface area contributed by atoms with Crippen LogP contribution in [0.3, 0.4) is 0 Å². The van der Waals surface area contributed by atoms with Gasteiger partial charge in [-0.25, -0.2) is 0 Å². The zero-order chi connectivity index (χ0) is 25.1. The number of aromatic nitrogens is 1. The summed E-state index contributed by atoms with van der Waals surface area (Å²) in [6.07, 6.45) is 6.97. The van der Waals surface area contributed by atoms with Crippen LogP contribution in [0.15, 0.2) is 53.6 Å². The van der Waals surface area contributed by atoms with Gasteiger partial charge in [0.1, 0.15) is 22.8 Å². The van der Waals surface area contributed by atoms with E-state index in [-0.39, 0.29) is 36.1 Å². The number of ketones is 2. The van der Waals surface area contributed by atoms with Gasteiger partial charge < -0.3 is 26.2 Å². The lowest BCUT2D eigenvalue weighted by Crippen LogP contribution is -2.58. The highest BCUT2D eigenvalue weighted by Gasteiger charge is 2.60. The Labute approximate surface area is 199 Å². The van der Waals surface area contributed by atoms with Crippen LogP contribution in [-0.2, 0) is 20.8 Å². The standard InChI is InChI=1S/C26H22N2O7/c27-25(34)21-18(30)11-15-9-14-10-16-13(2-1-12-5-7-28-8-6-12)3-4-17(29)20(16)22(31)19(14)23(32)26(15,35)24(21)33/h1-8,14-15,29,31,33,35H,9-11H2,(H2,27,34)/b2-1+/t14?,15-,26-/m0/s1. The van der Waals surface area contributed by atoms with Crippen LogP contribution in [0.5, 0.6) is 5.75 Å². The van der Waals surface area contributed by atoms with E-state index in [4.69, 9.17) is 5.73 Å². The normalized spacial score (nSPS) is 26.0. The van der Waals surface area contributed by atoms with E-state index in [0.29, 0.717) is 11.1 Å². The van der Waals surface area contributed by atoms with Crippen LogP contribution < -0.4 is 5.73 Å². The van der Waals surface area contributed by atoms with E-state index < -0.39 is 52.0 Å². The summed E-state index contributed by atoms with van der Waals surface area (Å²) < 4.78 is 0. The van der Waals surface area contributed by atoms with E-state index in [1.165, 1.54) is 6.07 Å². The molecule has 3 aliphatic carbocycles. The Morgan fingerprint density at radius 1 is 1.06 bits per heavy atom. The quantitative estimate of drug-likeness (QED) is 0.420. The molecule has 1 unspecified atom stereocenters. The van der Waals surface area contributed by atoms with Crippen molar-refractivity contribution < 1.29 is 34.8 Å². The van der Waals surface area contributed by atoms with Crippen molar-refractivity contribution in [1.29, 1.82) is 0 Å². The van der Waals surface area contributed by atoms with E-state index in [1.54, 1.807) is 18.5 Å². The molecule has 0 saturated heterocycles. The molecule has 178 valence electrons. The van der Waals surface area contributed by atoms with Crippen molar-refractivity contribution in [2.45, 2.75) is 24.9 Å².